The Labute approximate surface area is 242 Å². The first kappa shape index (κ1) is 23.9. The van der Waals surface area contributed by atoms with Gasteiger partial charge >= 0.3 is 0 Å². The van der Waals surface area contributed by atoms with E-state index in [1.165, 1.54) is 83.4 Å². The van der Waals surface area contributed by atoms with Crippen LogP contribution in [-0.4, -0.2) is 0 Å². The molecule has 0 N–H and O–H groups in total. The summed E-state index contributed by atoms with van der Waals surface area (Å²) in [5, 5.41) is 4.73. The Bertz CT molecular complexity index is 1620. The molecule has 0 aliphatic heterocycles. The fraction of sp³-hybridized carbons (Fsp3) is 0.353. The van der Waals surface area contributed by atoms with Gasteiger partial charge in [-0.1, -0.05) is 0 Å². The normalized spacial score (nSPS) is 21.7. The van der Waals surface area contributed by atoms with Crippen LogP contribution in [0.5, 0.6) is 0 Å². The number of rotatable bonds is 2. The summed E-state index contributed by atoms with van der Waals surface area (Å²) in [5.74, 6) is 0. The highest BCUT2D eigenvalue weighted by Crippen LogP contribution is 2.52. The summed E-state index contributed by atoms with van der Waals surface area (Å²) in [4.78, 5) is 9.31. The molecule has 0 bridgehead atoms. The van der Waals surface area contributed by atoms with E-state index in [0.29, 0.717) is 0 Å². The van der Waals surface area contributed by atoms with Crippen molar-refractivity contribution in [3.8, 4) is 0 Å². The molecule has 4 aliphatic carbocycles. The summed E-state index contributed by atoms with van der Waals surface area (Å²) >= 11 is 8.06. The van der Waals surface area contributed by atoms with E-state index in [0.717, 1.165) is 0 Å². The monoisotopic (exact) mass is 568 g/mol. The highest BCUT2D eigenvalue weighted by molar-refractivity contribution is 7.16. The summed E-state index contributed by atoms with van der Waals surface area (Å²) < 4.78 is 0. The fourth-order valence-electron chi connectivity index (χ4n) is 7.36. The molecular formula is C34H32S4. The number of hydrogen-bond donors (Lipinski definition) is 0. The lowest BCUT2D eigenvalue weighted by Crippen LogP contribution is -1.82. The van der Waals surface area contributed by atoms with Gasteiger partial charge in [0.2, 0.25) is 0 Å². The Kier molecular flexibility index (Phi) is 5.50. The van der Waals surface area contributed by atoms with E-state index in [-0.39, 0.29) is 0 Å². The second-order valence-corrected chi connectivity index (χ2v) is 15.4. The zero-order chi connectivity index (χ0) is 25.7. The molecule has 4 aromatic heterocycles. The third-order valence-electron chi connectivity index (χ3n) is 9.54. The van der Waals surface area contributed by atoms with Crippen molar-refractivity contribution < 1.29 is 0 Å². The molecule has 0 aromatic carbocycles. The average Bonchev–Trinajstić information content (AvgIpc) is 3.73. The van der Waals surface area contributed by atoms with Crippen molar-refractivity contribution in [1.29, 1.82) is 0 Å². The molecule has 0 spiro atoms. The summed E-state index contributed by atoms with van der Waals surface area (Å²) in [5.41, 5.74) is 19.2. The van der Waals surface area contributed by atoms with Gasteiger partial charge in [-0.25, -0.2) is 0 Å². The van der Waals surface area contributed by atoms with Gasteiger partial charge < -0.3 is 0 Å². The first-order valence-corrected chi connectivity index (χ1v) is 17.4. The molecule has 38 heavy (non-hydrogen) atoms. The fourth-order valence-corrected chi connectivity index (χ4v) is 12.5. The zero-order valence-corrected chi connectivity index (χ0v) is 25.9. The van der Waals surface area contributed by atoms with Crippen LogP contribution in [0.3, 0.4) is 0 Å². The maximum atomic E-state index is 2.44. The largest absolute Gasteiger partial charge is 0.144 e. The van der Waals surface area contributed by atoms with Crippen LogP contribution in [0.25, 0.3) is 34.4 Å². The minimum atomic E-state index is 1.22. The van der Waals surface area contributed by atoms with Crippen molar-refractivity contribution in [2.45, 2.75) is 79.1 Å². The predicted octanol–water partition coefficient (Wildman–Crippen LogP) is 10.9. The van der Waals surface area contributed by atoms with Gasteiger partial charge in [0.1, 0.15) is 0 Å². The molecule has 192 valence electrons. The van der Waals surface area contributed by atoms with Crippen molar-refractivity contribution in [3.63, 3.8) is 0 Å². The molecule has 0 fully saturated rings. The number of allylic oxidation sites excluding steroid dienone is 4. The van der Waals surface area contributed by atoms with Crippen LogP contribution in [-0.2, 0) is 25.7 Å². The van der Waals surface area contributed by atoms with Crippen molar-refractivity contribution in [2.75, 3.05) is 0 Å². The average molecular weight is 569 g/mol. The molecule has 0 atom stereocenters. The maximum Gasteiger partial charge on any atom is 0.0346 e. The Balaban J connectivity index is 1.14. The van der Waals surface area contributed by atoms with Crippen LogP contribution >= 0.6 is 45.3 Å². The smallest absolute Gasteiger partial charge is 0.0346 e. The lowest BCUT2D eigenvalue weighted by molar-refractivity contribution is 1.05. The van der Waals surface area contributed by atoms with E-state index in [1.807, 2.05) is 22.7 Å². The molecule has 4 aliphatic rings. The van der Waals surface area contributed by atoms with E-state index in [4.69, 9.17) is 0 Å². The summed E-state index contributed by atoms with van der Waals surface area (Å²) in [6.45, 7) is 9.30. The van der Waals surface area contributed by atoms with Crippen LogP contribution in [0.1, 0.15) is 99.5 Å². The minimum absolute atomic E-state index is 1.22. The quantitative estimate of drug-likeness (QED) is 0.226. The Morgan fingerprint density at radius 1 is 0.474 bits per heavy atom. The van der Waals surface area contributed by atoms with E-state index in [1.54, 1.807) is 64.1 Å². The Morgan fingerprint density at radius 3 is 1.26 bits per heavy atom. The molecule has 4 aromatic rings. The molecule has 4 heterocycles. The van der Waals surface area contributed by atoms with Gasteiger partial charge in [-0.3, -0.25) is 0 Å². The van der Waals surface area contributed by atoms with Gasteiger partial charge in [0.15, 0.2) is 0 Å². The van der Waals surface area contributed by atoms with Gasteiger partial charge in [-0.15, -0.1) is 45.3 Å². The van der Waals surface area contributed by atoms with Gasteiger partial charge in [-0.2, -0.15) is 0 Å². The second-order valence-electron chi connectivity index (χ2n) is 11.5. The SMILES string of the molecule is Cc1csc2c1CC/C2=C1/CCc2c1sc(/C=C/c1sc3c(c1C)CC/C3=C1/CCc3c(C)csc31)c2C. The van der Waals surface area contributed by atoms with E-state index >= 15 is 0 Å². The lowest BCUT2D eigenvalue weighted by Gasteiger charge is -2.04. The number of hydrogen-bond acceptors (Lipinski definition) is 4. The van der Waals surface area contributed by atoms with Gasteiger partial charge in [0.05, 0.1) is 0 Å². The van der Waals surface area contributed by atoms with Crippen LogP contribution < -0.4 is 0 Å². The summed E-state index contributed by atoms with van der Waals surface area (Å²) in [6.07, 6.45) is 14.7. The highest BCUT2D eigenvalue weighted by Gasteiger charge is 2.31. The first-order valence-electron chi connectivity index (χ1n) is 14.0. The zero-order valence-electron chi connectivity index (χ0n) is 22.6. The third kappa shape index (κ3) is 3.36. The third-order valence-corrected chi connectivity index (χ3v) is 14.7. The molecule has 0 nitrogen and oxygen atoms in total. The molecule has 0 radical (unpaired) electrons. The minimum Gasteiger partial charge on any atom is -0.144 e. The number of fused-ring (bicyclic) bond motifs is 4. The van der Waals surface area contributed by atoms with Crippen LogP contribution in [0.4, 0.5) is 0 Å². The van der Waals surface area contributed by atoms with E-state index in [2.05, 4.69) is 73.3 Å². The molecule has 8 rings (SSSR count). The van der Waals surface area contributed by atoms with E-state index < -0.39 is 0 Å². The standard InChI is InChI=1S/C34H32S4/c1-17-15-35-31-21(17)5-9-25(31)27-11-7-23-19(3)29(37-33(23)27)13-14-30-20(4)24-8-12-28(34(24)38-30)26-10-6-22-18(2)16-36-32(22)26/h13-16H,5-12H2,1-4H3/b14-13+,27-25+,28-26+. The molecule has 4 heteroatoms. The molecule has 0 saturated heterocycles. The highest BCUT2D eigenvalue weighted by atomic mass is 32.1. The number of aryl methyl sites for hydroxylation is 2. The lowest BCUT2D eigenvalue weighted by atomic mass is 10.1. The predicted molar refractivity (Wildman–Crippen MR) is 172 cm³/mol. The van der Waals surface area contributed by atoms with Crippen molar-refractivity contribution in [3.05, 3.63) is 84.5 Å². The Morgan fingerprint density at radius 2 is 0.842 bits per heavy atom. The second kappa shape index (κ2) is 8.76. The summed E-state index contributed by atoms with van der Waals surface area (Å²) in [6, 6.07) is 0. The van der Waals surface area contributed by atoms with Gasteiger partial charge in [0, 0.05) is 29.3 Å². The van der Waals surface area contributed by atoms with Crippen molar-refractivity contribution in [1.82, 2.24) is 0 Å². The molecule has 0 saturated carbocycles. The molecular weight excluding hydrogens is 537 g/mol. The van der Waals surface area contributed by atoms with Crippen molar-refractivity contribution in [2.24, 2.45) is 0 Å². The first-order chi connectivity index (χ1) is 18.5. The maximum absolute atomic E-state index is 2.44. The number of thiophene rings is 4. The molecule has 0 amide bonds. The van der Waals surface area contributed by atoms with E-state index in [9.17, 15) is 0 Å². The topological polar surface area (TPSA) is 0 Å². The van der Waals surface area contributed by atoms with Gasteiger partial charge in [0.25, 0.3) is 0 Å². The van der Waals surface area contributed by atoms with Crippen molar-refractivity contribution >= 4 is 79.8 Å². The molecule has 0 unspecified atom stereocenters. The van der Waals surface area contributed by atoms with Crippen LogP contribution in [0.2, 0.25) is 0 Å². The summed E-state index contributed by atoms with van der Waals surface area (Å²) in [7, 11) is 0. The van der Waals surface area contributed by atoms with Gasteiger partial charge in [-0.05, 0) is 169 Å². The van der Waals surface area contributed by atoms with Crippen LogP contribution in [0.15, 0.2) is 10.8 Å². The van der Waals surface area contributed by atoms with Crippen LogP contribution in [0, 0.1) is 27.7 Å². The Hall–Kier alpha value is -1.98.